The zero-order chi connectivity index (χ0) is 26.3. The van der Waals surface area contributed by atoms with E-state index in [2.05, 4.69) is 10.1 Å². The van der Waals surface area contributed by atoms with E-state index in [0.717, 1.165) is 17.0 Å². The third-order valence-electron chi connectivity index (χ3n) is 6.18. The van der Waals surface area contributed by atoms with Crippen molar-refractivity contribution in [2.45, 2.75) is 25.7 Å². The van der Waals surface area contributed by atoms with Gasteiger partial charge in [0.05, 0.1) is 47.5 Å². The lowest BCUT2D eigenvalue weighted by molar-refractivity contribution is -0.138. The van der Waals surface area contributed by atoms with Crippen LogP contribution in [0.2, 0.25) is 5.02 Å². The molecule has 37 heavy (non-hydrogen) atoms. The number of thioether (sulfide) groups is 1. The summed E-state index contributed by atoms with van der Waals surface area (Å²) in [6.45, 7) is 3.09. The maximum Gasteiger partial charge on any atom is 0.416 e. The normalized spacial score (nSPS) is 19.8. The van der Waals surface area contributed by atoms with Crippen molar-refractivity contribution in [2.75, 3.05) is 26.3 Å². The molecule has 2 aliphatic heterocycles. The van der Waals surface area contributed by atoms with Crippen molar-refractivity contribution in [3.63, 3.8) is 0 Å². The van der Waals surface area contributed by atoms with Crippen LogP contribution in [0.25, 0.3) is 17.0 Å². The Bertz CT molecular complexity index is 1440. The van der Waals surface area contributed by atoms with E-state index in [1.165, 1.54) is 28.6 Å². The van der Waals surface area contributed by atoms with Crippen LogP contribution in [0, 0.1) is 6.92 Å². The molecule has 0 bridgehead atoms. The molecule has 2 aromatic carbocycles. The Morgan fingerprint density at radius 1 is 1.27 bits per heavy atom. The standard InChI is InChI=1S/C25H22ClF3N4O3S/c1-14-19-8-15(9-22-23(35)30-24(37-22)32-6-7-36-18(12-32)13-34)2-5-21(19)33(31-14)11-16-3-4-17(26)10-20(16)25(27,28)29/h2-5,8-10,18,34H,6-7,11-13H2,1H3/b22-9-. The molecule has 3 aromatic rings. The lowest BCUT2D eigenvalue weighted by Gasteiger charge is -2.32. The number of aliphatic hydroxyl groups is 1. The largest absolute Gasteiger partial charge is 0.416 e. The number of ether oxygens (including phenoxy) is 1. The minimum atomic E-state index is -4.54. The minimum Gasteiger partial charge on any atom is -0.394 e. The Labute approximate surface area is 219 Å². The molecule has 1 unspecified atom stereocenters. The van der Waals surface area contributed by atoms with Crippen LogP contribution in [0.1, 0.15) is 22.4 Å². The van der Waals surface area contributed by atoms with Gasteiger partial charge in [0.25, 0.3) is 5.91 Å². The summed E-state index contributed by atoms with van der Waals surface area (Å²) in [7, 11) is 0. The summed E-state index contributed by atoms with van der Waals surface area (Å²) < 4.78 is 47.7. The van der Waals surface area contributed by atoms with E-state index in [9.17, 15) is 23.1 Å². The molecule has 0 saturated carbocycles. The Balaban J connectivity index is 1.39. The van der Waals surface area contributed by atoms with Crippen LogP contribution in [-0.2, 0) is 22.3 Å². The molecular weight excluding hydrogens is 529 g/mol. The van der Waals surface area contributed by atoms with Crippen molar-refractivity contribution in [2.24, 2.45) is 4.99 Å². The number of carbonyl (C=O) groups excluding carboxylic acids is 1. The number of amidine groups is 1. The van der Waals surface area contributed by atoms with Crippen molar-refractivity contribution in [1.29, 1.82) is 0 Å². The quantitative estimate of drug-likeness (QED) is 0.473. The second kappa shape index (κ2) is 10.1. The van der Waals surface area contributed by atoms with Gasteiger partial charge in [0.15, 0.2) is 5.17 Å². The van der Waals surface area contributed by atoms with Gasteiger partial charge in [-0.25, -0.2) is 0 Å². The first-order valence-corrected chi connectivity index (χ1v) is 12.6. The molecule has 2 aliphatic rings. The van der Waals surface area contributed by atoms with Gasteiger partial charge in [-0.05, 0) is 60.2 Å². The van der Waals surface area contributed by atoms with Crippen LogP contribution in [0.3, 0.4) is 0 Å². The van der Waals surface area contributed by atoms with E-state index >= 15 is 0 Å². The fourth-order valence-electron chi connectivity index (χ4n) is 4.37. The van der Waals surface area contributed by atoms with E-state index in [1.54, 1.807) is 25.1 Å². The highest BCUT2D eigenvalue weighted by atomic mass is 35.5. The Kier molecular flexibility index (Phi) is 7.06. The number of aromatic nitrogens is 2. The molecule has 1 fully saturated rings. The summed E-state index contributed by atoms with van der Waals surface area (Å²) in [6.07, 6.45) is -3.11. The zero-order valence-electron chi connectivity index (χ0n) is 19.6. The van der Waals surface area contributed by atoms with E-state index < -0.39 is 11.7 Å². The monoisotopic (exact) mass is 550 g/mol. The van der Waals surface area contributed by atoms with Gasteiger partial charge in [-0.15, -0.1) is 0 Å². The molecule has 12 heteroatoms. The van der Waals surface area contributed by atoms with Crippen LogP contribution in [0.4, 0.5) is 13.2 Å². The average molecular weight is 551 g/mol. The molecule has 1 atom stereocenters. The molecule has 1 saturated heterocycles. The van der Waals surface area contributed by atoms with Crippen LogP contribution in [-0.4, -0.2) is 63.3 Å². The minimum absolute atomic E-state index is 0.0172. The second-order valence-electron chi connectivity index (χ2n) is 8.75. The number of amides is 1. The van der Waals surface area contributed by atoms with Gasteiger partial charge in [-0.3, -0.25) is 9.48 Å². The molecule has 0 radical (unpaired) electrons. The Morgan fingerprint density at radius 3 is 2.84 bits per heavy atom. The molecule has 0 spiro atoms. The molecule has 1 amide bonds. The Hall–Kier alpha value is -2.86. The number of nitrogens with zero attached hydrogens (tertiary/aromatic N) is 4. The highest BCUT2D eigenvalue weighted by Gasteiger charge is 2.34. The van der Waals surface area contributed by atoms with Crippen molar-refractivity contribution >= 4 is 51.4 Å². The number of aliphatic hydroxyl groups excluding tert-OH is 1. The maximum absolute atomic E-state index is 13.6. The molecule has 3 heterocycles. The van der Waals surface area contributed by atoms with E-state index in [4.69, 9.17) is 16.3 Å². The number of morpholine rings is 1. The number of hydrogen-bond acceptors (Lipinski definition) is 6. The third kappa shape index (κ3) is 5.40. The third-order valence-corrected chi connectivity index (χ3v) is 7.46. The summed E-state index contributed by atoms with van der Waals surface area (Å²) in [6, 6.07) is 9.16. The lowest BCUT2D eigenvalue weighted by atomic mass is 10.1. The first-order valence-electron chi connectivity index (χ1n) is 11.4. The average Bonchev–Trinajstić information content (AvgIpc) is 3.38. The maximum atomic E-state index is 13.6. The number of halogens is 4. The fourth-order valence-corrected chi connectivity index (χ4v) is 5.49. The van der Waals surface area contributed by atoms with Crippen molar-refractivity contribution < 1.29 is 27.8 Å². The Morgan fingerprint density at radius 2 is 2.08 bits per heavy atom. The molecule has 0 aliphatic carbocycles. The van der Waals surface area contributed by atoms with Crippen molar-refractivity contribution in [3.8, 4) is 0 Å². The number of aryl methyl sites for hydroxylation is 1. The van der Waals surface area contributed by atoms with Gasteiger partial charge in [0.2, 0.25) is 0 Å². The number of fused-ring (bicyclic) bond motifs is 1. The summed E-state index contributed by atoms with van der Waals surface area (Å²) in [5.74, 6) is -0.345. The van der Waals surface area contributed by atoms with Gasteiger partial charge in [-0.2, -0.15) is 23.3 Å². The van der Waals surface area contributed by atoms with E-state index in [0.29, 0.717) is 41.0 Å². The number of aliphatic imine (C=N–C) groups is 1. The SMILES string of the molecule is Cc1nn(Cc2ccc(Cl)cc2C(F)(F)F)c2ccc(/C=C3\SC(N4CCOC(CO)C4)=NC3=O)cc12. The van der Waals surface area contributed by atoms with Gasteiger partial charge < -0.3 is 14.7 Å². The number of alkyl halides is 3. The molecule has 1 N–H and O–H groups in total. The molecule has 194 valence electrons. The summed E-state index contributed by atoms with van der Waals surface area (Å²) in [5, 5.41) is 15.2. The van der Waals surface area contributed by atoms with E-state index in [-0.39, 0.29) is 35.7 Å². The predicted molar refractivity (Wildman–Crippen MR) is 136 cm³/mol. The van der Waals surface area contributed by atoms with Crippen LogP contribution in [0.15, 0.2) is 46.3 Å². The number of rotatable bonds is 4. The predicted octanol–water partition coefficient (Wildman–Crippen LogP) is 4.73. The highest BCUT2D eigenvalue weighted by Crippen LogP contribution is 2.35. The van der Waals surface area contributed by atoms with Crippen LogP contribution in [0.5, 0.6) is 0 Å². The molecule has 5 rings (SSSR count). The van der Waals surface area contributed by atoms with Crippen molar-refractivity contribution in [1.82, 2.24) is 14.7 Å². The van der Waals surface area contributed by atoms with E-state index in [1.807, 2.05) is 11.0 Å². The van der Waals surface area contributed by atoms with Crippen LogP contribution >= 0.6 is 23.4 Å². The second-order valence-corrected chi connectivity index (χ2v) is 10.2. The molecule has 7 nitrogen and oxygen atoms in total. The lowest BCUT2D eigenvalue weighted by Crippen LogP contribution is -2.45. The summed E-state index contributed by atoms with van der Waals surface area (Å²) >= 11 is 7.08. The highest BCUT2D eigenvalue weighted by molar-refractivity contribution is 8.18. The van der Waals surface area contributed by atoms with Gasteiger partial charge in [0, 0.05) is 23.5 Å². The summed E-state index contributed by atoms with van der Waals surface area (Å²) in [5.41, 5.74) is 1.36. The number of benzene rings is 2. The molecule has 1 aromatic heterocycles. The van der Waals surface area contributed by atoms with Crippen molar-refractivity contribution in [3.05, 3.63) is 68.7 Å². The topological polar surface area (TPSA) is 80.0 Å². The van der Waals surface area contributed by atoms with Gasteiger partial charge >= 0.3 is 6.18 Å². The van der Waals surface area contributed by atoms with Gasteiger partial charge in [-0.1, -0.05) is 23.7 Å². The first kappa shape index (κ1) is 25.8. The van der Waals surface area contributed by atoms with Crippen LogP contribution < -0.4 is 0 Å². The first-order chi connectivity index (χ1) is 17.6. The fraction of sp³-hybridized carbons (Fsp3) is 0.320. The zero-order valence-corrected chi connectivity index (χ0v) is 21.2. The number of hydrogen-bond donors (Lipinski definition) is 1. The van der Waals surface area contributed by atoms with Gasteiger partial charge in [0.1, 0.15) is 0 Å². The summed E-state index contributed by atoms with van der Waals surface area (Å²) in [4.78, 5) is 19.1. The smallest absolute Gasteiger partial charge is 0.394 e. The number of carbonyl (C=O) groups is 1. The molecular formula is C25H22ClF3N4O3S.